The molecule has 1 amide bonds. The van der Waals surface area contributed by atoms with Gasteiger partial charge in [-0.25, -0.2) is 0 Å². The second kappa shape index (κ2) is 9.91. The van der Waals surface area contributed by atoms with Gasteiger partial charge in [0.2, 0.25) is 5.91 Å². The van der Waals surface area contributed by atoms with E-state index < -0.39 is 0 Å². The number of unbranched alkanes of at least 4 members (excludes halogenated alkanes) is 2. The quantitative estimate of drug-likeness (QED) is 0.657. The second-order valence-corrected chi connectivity index (χ2v) is 9.42. The summed E-state index contributed by atoms with van der Waals surface area (Å²) in [6.45, 7) is 18.2. The van der Waals surface area contributed by atoms with Gasteiger partial charge >= 0.3 is 0 Å². The van der Waals surface area contributed by atoms with Gasteiger partial charge in [0, 0.05) is 45.7 Å². The lowest BCUT2D eigenvalue weighted by atomic mass is 9.91. The zero-order valence-electron chi connectivity index (χ0n) is 17.2. The highest BCUT2D eigenvalue weighted by Crippen LogP contribution is 2.23. The molecule has 0 aromatic rings. The van der Waals surface area contributed by atoms with E-state index in [1.165, 1.54) is 51.9 Å². The van der Waals surface area contributed by atoms with Crippen LogP contribution in [0.25, 0.3) is 0 Å². The van der Waals surface area contributed by atoms with Gasteiger partial charge in [-0.2, -0.15) is 0 Å². The van der Waals surface area contributed by atoms with Crippen LogP contribution < -0.4 is 0 Å². The zero-order valence-corrected chi connectivity index (χ0v) is 17.2. The van der Waals surface area contributed by atoms with Crippen molar-refractivity contribution < 1.29 is 4.79 Å². The van der Waals surface area contributed by atoms with Crippen LogP contribution in [0, 0.1) is 11.3 Å². The summed E-state index contributed by atoms with van der Waals surface area (Å²) in [4.78, 5) is 19.6. The predicted molar refractivity (Wildman–Crippen MR) is 106 cm³/mol. The molecular formula is C21H41N3O. The highest BCUT2D eigenvalue weighted by Gasteiger charge is 2.26. The number of carbonyl (C=O) groups excluding carboxylic acids is 1. The van der Waals surface area contributed by atoms with E-state index in [4.69, 9.17) is 0 Å². The SMILES string of the molecule is CCCCCC(=O)N1CCN(CC2CCN(CC(C)(C)C)CC2)CC1. The third-order valence-corrected chi connectivity index (χ3v) is 5.64. The Bertz CT molecular complexity index is 388. The van der Waals surface area contributed by atoms with E-state index in [1.54, 1.807) is 0 Å². The smallest absolute Gasteiger partial charge is 0.222 e. The van der Waals surface area contributed by atoms with Gasteiger partial charge in [-0.15, -0.1) is 0 Å². The maximum atomic E-state index is 12.2. The first-order chi connectivity index (χ1) is 11.9. The van der Waals surface area contributed by atoms with Crippen molar-refractivity contribution in [1.29, 1.82) is 0 Å². The third kappa shape index (κ3) is 7.65. The number of carbonyl (C=O) groups is 1. The second-order valence-electron chi connectivity index (χ2n) is 9.42. The van der Waals surface area contributed by atoms with E-state index in [0.29, 0.717) is 11.3 Å². The van der Waals surface area contributed by atoms with Crippen LogP contribution in [0.4, 0.5) is 0 Å². The van der Waals surface area contributed by atoms with Crippen molar-refractivity contribution >= 4 is 5.91 Å². The third-order valence-electron chi connectivity index (χ3n) is 5.64. The highest BCUT2D eigenvalue weighted by atomic mass is 16.2. The average Bonchev–Trinajstić information content (AvgIpc) is 2.56. The van der Waals surface area contributed by atoms with Crippen molar-refractivity contribution in [3.63, 3.8) is 0 Å². The van der Waals surface area contributed by atoms with Crippen LogP contribution in [0.3, 0.4) is 0 Å². The van der Waals surface area contributed by atoms with Crippen molar-refractivity contribution in [2.24, 2.45) is 11.3 Å². The molecule has 0 spiro atoms. The van der Waals surface area contributed by atoms with Crippen LogP contribution >= 0.6 is 0 Å². The number of rotatable bonds is 7. The molecule has 2 aliphatic rings. The molecule has 0 N–H and O–H groups in total. The van der Waals surface area contributed by atoms with E-state index in [1.807, 2.05) is 0 Å². The number of hydrogen-bond acceptors (Lipinski definition) is 3. The molecule has 146 valence electrons. The number of likely N-dealkylation sites (tertiary alicyclic amines) is 1. The maximum Gasteiger partial charge on any atom is 0.222 e. The number of hydrogen-bond donors (Lipinski definition) is 0. The monoisotopic (exact) mass is 351 g/mol. The molecule has 4 nitrogen and oxygen atoms in total. The van der Waals surface area contributed by atoms with E-state index in [2.05, 4.69) is 42.4 Å². The molecule has 0 aliphatic carbocycles. The summed E-state index contributed by atoms with van der Waals surface area (Å²) in [5, 5.41) is 0. The Morgan fingerprint density at radius 1 is 0.920 bits per heavy atom. The summed E-state index contributed by atoms with van der Waals surface area (Å²) in [6, 6.07) is 0. The highest BCUT2D eigenvalue weighted by molar-refractivity contribution is 5.76. The Labute approximate surface area is 155 Å². The molecule has 2 rings (SSSR count). The molecule has 0 saturated carbocycles. The fourth-order valence-corrected chi connectivity index (χ4v) is 4.23. The number of piperidine rings is 1. The molecule has 0 aromatic carbocycles. The van der Waals surface area contributed by atoms with Crippen molar-refractivity contribution in [2.45, 2.75) is 66.2 Å². The first-order valence-corrected chi connectivity index (χ1v) is 10.6. The minimum atomic E-state index is 0.378. The largest absolute Gasteiger partial charge is 0.340 e. The molecule has 4 heteroatoms. The summed E-state index contributed by atoms with van der Waals surface area (Å²) in [5.41, 5.74) is 0.410. The number of amides is 1. The Kier molecular flexibility index (Phi) is 8.21. The fraction of sp³-hybridized carbons (Fsp3) is 0.952. The van der Waals surface area contributed by atoms with Crippen LogP contribution in [0.15, 0.2) is 0 Å². The Morgan fingerprint density at radius 2 is 1.56 bits per heavy atom. The Morgan fingerprint density at radius 3 is 2.12 bits per heavy atom. The predicted octanol–water partition coefficient (Wildman–Crippen LogP) is 3.47. The first-order valence-electron chi connectivity index (χ1n) is 10.6. The lowest BCUT2D eigenvalue weighted by molar-refractivity contribution is -0.133. The van der Waals surface area contributed by atoms with Crippen molar-refractivity contribution in [2.75, 3.05) is 52.4 Å². The fourth-order valence-electron chi connectivity index (χ4n) is 4.23. The summed E-state index contributed by atoms with van der Waals surface area (Å²) in [5.74, 6) is 1.23. The lowest BCUT2D eigenvalue weighted by Crippen LogP contribution is -2.50. The molecule has 0 radical (unpaired) electrons. The van der Waals surface area contributed by atoms with E-state index >= 15 is 0 Å². The summed E-state index contributed by atoms with van der Waals surface area (Å²) < 4.78 is 0. The minimum Gasteiger partial charge on any atom is -0.340 e. The molecule has 0 bridgehead atoms. The molecule has 2 aliphatic heterocycles. The van der Waals surface area contributed by atoms with Gasteiger partial charge in [0.15, 0.2) is 0 Å². The molecule has 2 saturated heterocycles. The van der Waals surface area contributed by atoms with Crippen LogP contribution in [0.2, 0.25) is 0 Å². The van der Waals surface area contributed by atoms with Crippen LogP contribution in [-0.2, 0) is 4.79 Å². The van der Waals surface area contributed by atoms with Gasteiger partial charge in [-0.05, 0) is 43.7 Å². The van der Waals surface area contributed by atoms with Gasteiger partial charge in [0.05, 0.1) is 0 Å². The maximum absolute atomic E-state index is 12.2. The van der Waals surface area contributed by atoms with Crippen LogP contribution in [0.1, 0.15) is 66.2 Å². The zero-order chi connectivity index (χ0) is 18.3. The van der Waals surface area contributed by atoms with Gasteiger partial charge in [-0.1, -0.05) is 40.5 Å². The molecule has 0 aromatic heterocycles. The van der Waals surface area contributed by atoms with Crippen molar-refractivity contribution in [1.82, 2.24) is 14.7 Å². The standard InChI is InChI=1S/C21H41N3O/c1-5-6-7-8-20(25)24-15-13-22(14-16-24)17-19-9-11-23(12-10-19)18-21(2,3)4/h19H,5-18H2,1-4H3. The molecule has 0 unspecified atom stereocenters. The van der Waals surface area contributed by atoms with E-state index in [-0.39, 0.29) is 0 Å². The number of piperazine rings is 1. The van der Waals surface area contributed by atoms with Gasteiger partial charge in [0.25, 0.3) is 0 Å². The molecule has 0 atom stereocenters. The Hall–Kier alpha value is -0.610. The first kappa shape index (κ1) is 20.7. The molecule has 2 fully saturated rings. The van der Waals surface area contributed by atoms with Gasteiger partial charge in [0.1, 0.15) is 0 Å². The summed E-state index contributed by atoms with van der Waals surface area (Å²) in [7, 11) is 0. The average molecular weight is 352 g/mol. The van der Waals surface area contributed by atoms with Crippen LogP contribution in [0.5, 0.6) is 0 Å². The molecular weight excluding hydrogens is 310 g/mol. The molecule has 2 heterocycles. The normalized spacial score (nSPS) is 21.7. The van der Waals surface area contributed by atoms with Crippen molar-refractivity contribution in [3.05, 3.63) is 0 Å². The van der Waals surface area contributed by atoms with Crippen LogP contribution in [-0.4, -0.2) is 73.0 Å². The van der Waals surface area contributed by atoms with E-state index in [0.717, 1.165) is 44.9 Å². The molecule has 25 heavy (non-hydrogen) atoms. The number of nitrogens with zero attached hydrogens (tertiary/aromatic N) is 3. The summed E-state index contributed by atoms with van der Waals surface area (Å²) >= 11 is 0. The van der Waals surface area contributed by atoms with E-state index in [9.17, 15) is 4.79 Å². The van der Waals surface area contributed by atoms with Gasteiger partial charge < -0.3 is 9.80 Å². The minimum absolute atomic E-state index is 0.378. The summed E-state index contributed by atoms with van der Waals surface area (Å²) in [6.07, 6.45) is 6.86. The Balaban J connectivity index is 1.62. The van der Waals surface area contributed by atoms with Crippen molar-refractivity contribution in [3.8, 4) is 0 Å². The topological polar surface area (TPSA) is 26.8 Å². The van der Waals surface area contributed by atoms with Gasteiger partial charge in [-0.3, -0.25) is 9.69 Å². The lowest BCUT2D eigenvalue weighted by Gasteiger charge is -2.40.